The van der Waals surface area contributed by atoms with Crippen molar-refractivity contribution in [1.29, 1.82) is 0 Å². The van der Waals surface area contributed by atoms with Crippen LogP contribution in [0, 0.1) is 23.0 Å². The molecule has 0 spiro atoms. The van der Waals surface area contributed by atoms with E-state index in [0.29, 0.717) is 5.56 Å². The molecule has 1 heterocycles. The van der Waals surface area contributed by atoms with Gasteiger partial charge in [-0.3, -0.25) is 10.1 Å². The van der Waals surface area contributed by atoms with Crippen LogP contribution < -0.4 is 5.32 Å². The summed E-state index contributed by atoms with van der Waals surface area (Å²) in [4.78, 5) is 22.2. The summed E-state index contributed by atoms with van der Waals surface area (Å²) in [5, 5.41) is 24.0. The van der Waals surface area contributed by atoms with Crippen LogP contribution in [-0.4, -0.2) is 16.0 Å². The van der Waals surface area contributed by atoms with Gasteiger partial charge in [0.15, 0.2) is 0 Å². The Kier molecular flexibility index (Phi) is 3.76. The third-order valence-corrected chi connectivity index (χ3v) is 5.42. The Hall–Kier alpha value is -3.15. The number of nitrogens with zero attached hydrogens (tertiary/aromatic N) is 1. The van der Waals surface area contributed by atoms with E-state index in [2.05, 4.69) is 17.5 Å². The number of nitro benzene ring substituents is 1. The van der Waals surface area contributed by atoms with Crippen molar-refractivity contribution in [3.63, 3.8) is 0 Å². The second-order valence-corrected chi connectivity index (χ2v) is 6.85. The van der Waals surface area contributed by atoms with Crippen molar-refractivity contribution >= 4 is 17.3 Å². The van der Waals surface area contributed by atoms with Gasteiger partial charge in [0.05, 0.1) is 16.5 Å². The average molecular weight is 350 g/mol. The Morgan fingerprint density at radius 2 is 1.96 bits per heavy atom. The first-order valence-electron chi connectivity index (χ1n) is 8.51. The average Bonchev–Trinajstić information content (AvgIpc) is 3.11. The molecule has 4 rings (SSSR count). The van der Waals surface area contributed by atoms with Crippen molar-refractivity contribution in [3.05, 3.63) is 80.9 Å². The van der Waals surface area contributed by atoms with Crippen molar-refractivity contribution in [3.8, 4) is 0 Å². The lowest BCUT2D eigenvalue weighted by molar-refractivity contribution is -0.384. The smallest absolute Gasteiger partial charge is 0.336 e. The minimum Gasteiger partial charge on any atom is -0.478 e. The fourth-order valence-corrected chi connectivity index (χ4v) is 4.17. The molecule has 0 bridgehead atoms. The molecule has 132 valence electrons. The molecule has 2 aromatic carbocycles. The van der Waals surface area contributed by atoms with Crippen LogP contribution >= 0.6 is 0 Å². The van der Waals surface area contributed by atoms with Gasteiger partial charge < -0.3 is 10.4 Å². The highest BCUT2D eigenvalue weighted by atomic mass is 16.6. The van der Waals surface area contributed by atoms with E-state index in [1.807, 2.05) is 13.0 Å². The number of nitrogens with one attached hydrogen (secondary N) is 1. The van der Waals surface area contributed by atoms with E-state index in [-0.39, 0.29) is 23.6 Å². The Morgan fingerprint density at radius 1 is 1.23 bits per heavy atom. The van der Waals surface area contributed by atoms with Gasteiger partial charge in [-0.15, -0.1) is 0 Å². The molecule has 3 atom stereocenters. The maximum atomic E-state index is 11.7. The van der Waals surface area contributed by atoms with Gasteiger partial charge in [-0.1, -0.05) is 30.4 Å². The van der Waals surface area contributed by atoms with E-state index in [1.54, 1.807) is 18.2 Å². The number of allylic oxidation sites excluding steroid dienone is 2. The minimum absolute atomic E-state index is 0.0222. The number of fused-ring (bicyclic) bond motifs is 3. The van der Waals surface area contributed by atoms with Crippen LogP contribution in [0.3, 0.4) is 0 Å². The Balaban J connectivity index is 1.81. The SMILES string of the molecule is Cc1ccc(C(=O)O)c2c1N[C@H](c1ccc([N+](=O)[O-])cc1)[C@H]1CC=C[C@H]21. The highest BCUT2D eigenvalue weighted by Crippen LogP contribution is 2.51. The van der Waals surface area contributed by atoms with Gasteiger partial charge in [-0.25, -0.2) is 4.79 Å². The molecule has 2 aromatic rings. The van der Waals surface area contributed by atoms with Crippen LogP contribution in [0.25, 0.3) is 0 Å². The number of nitro groups is 1. The molecular weight excluding hydrogens is 332 g/mol. The van der Waals surface area contributed by atoms with Crippen LogP contribution in [0.2, 0.25) is 0 Å². The van der Waals surface area contributed by atoms with Crippen molar-refractivity contribution in [2.24, 2.45) is 5.92 Å². The number of carboxylic acids is 1. The molecule has 0 fully saturated rings. The van der Waals surface area contributed by atoms with Crippen molar-refractivity contribution < 1.29 is 14.8 Å². The number of carbonyl (C=O) groups is 1. The highest BCUT2D eigenvalue weighted by molar-refractivity contribution is 5.93. The maximum absolute atomic E-state index is 11.7. The lowest BCUT2D eigenvalue weighted by atomic mass is 9.75. The number of aromatic carboxylic acids is 1. The highest BCUT2D eigenvalue weighted by Gasteiger charge is 2.40. The normalized spacial score (nSPS) is 23.0. The first kappa shape index (κ1) is 16.3. The fraction of sp³-hybridized carbons (Fsp3) is 0.250. The van der Waals surface area contributed by atoms with Crippen LogP contribution in [-0.2, 0) is 0 Å². The molecule has 0 unspecified atom stereocenters. The van der Waals surface area contributed by atoms with Gasteiger partial charge in [0, 0.05) is 23.7 Å². The molecule has 2 aliphatic rings. The Labute approximate surface area is 150 Å². The summed E-state index contributed by atoms with van der Waals surface area (Å²) in [6.07, 6.45) is 5.03. The standard InChI is InChI=1S/C20H18N2O4/c1-11-5-10-16(20(23)24)17-14-3-2-4-15(14)19(21-18(11)17)12-6-8-13(9-7-12)22(25)26/h2-3,5-10,14-15,19,21H,4H2,1H3,(H,23,24)/t14-,15-,19+/m0/s1. The summed E-state index contributed by atoms with van der Waals surface area (Å²) in [6, 6.07) is 10.1. The van der Waals surface area contributed by atoms with Crippen LogP contribution in [0.15, 0.2) is 48.6 Å². The van der Waals surface area contributed by atoms with Crippen LogP contribution in [0.5, 0.6) is 0 Å². The Bertz CT molecular complexity index is 934. The maximum Gasteiger partial charge on any atom is 0.336 e. The zero-order chi connectivity index (χ0) is 18.4. The van der Waals surface area contributed by atoms with Gasteiger partial charge in [0.2, 0.25) is 0 Å². The third kappa shape index (κ3) is 2.45. The molecule has 6 nitrogen and oxygen atoms in total. The Morgan fingerprint density at radius 3 is 2.62 bits per heavy atom. The number of anilines is 1. The number of rotatable bonds is 3. The quantitative estimate of drug-likeness (QED) is 0.485. The molecule has 0 saturated heterocycles. The van der Waals surface area contributed by atoms with Gasteiger partial charge in [0.1, 0.15) is 0 Å². The summed E-state index contributed by atoms with van der Waals surface area (Å²) in [5.41, 5.74) is 4.07. The predicted molar refractivity (Wildman–Crippen MR) is 97.6 cm³/mol. The lowest BCUT2D eigenvalue weighted by Gasteiger charge is -2.39. The first-order chi connectivity index (χ1) is 12.5. The van der Waals surface area contributed by atoms with Gasteiger partial charge >= 0.3 is 5.97 Å². The molecule has 26 heavy (non-hydrogen) atoms. The number of benzene rings is 2. The van der Waals surface area contributed by atoms with E-state index < -0.39 is 10.9 Å². The molecule has 1 aliphatic heterocycles. The topological polar surface area (TPSA) is 92.5 Å². The predicted octanol–water partition coefficient (Wildman–Crippen LogP) is 4.43. The van der Waals surface area contributed by atoms with Gasteiger partial charge in [-0.2, -0.15) is 0 Å². The lowest BCUT2D eigenvalue weighted by Crippen LogP contribution is -2.31. The van der Waals surface area contributed by atoms with Crippen molar-refractivity contribution in [2.75, 3.05) is 5.32 Å². The van der Waals surface area contributed by atoms with Crippen LogP contribution in [0.1, 0.15) is 45.4 Å². The summed E-state index contributed by atoms with van der Waals surface area (Å²) in [6.45, 7) is 1.96. The van der Waals surface area contributed by atoms with Gasteiger partial charge in [0.25, 0.3) is 5.69 Å². The van der Waals surface area contributed by atoms with E-state index >= 15 is 0 Å². The number of non-ortho nitro benzene ring substituents is 1. The zero-order valence-electron chi connectivity index (χ0n) is 14.2. The molecule has 1 aliphatic carbocycles. The largest absolute Gasteiger partial charge is 0.478 e. The summed E-state index contributed by atoms with van der Waals surface area (Å²) in [5.74, 6) is -0.711. The summed E-state index contributed by atoms with van der Waals surface area (Å²) >= 11 is 0. The second-order valence-electron chi connectivity index (χ2n) is 6.85. The first-order valence-corrected chi connectivity index (χ1v) is 8.51. The monoisotopic (exact) mass is 350 g/mol. The molecule has 0 radical (unpaired) electrons. The number of hydrogen-bond donors (Lipinski definition) is 2. The number of carboxylic acid groups (broad SMARTS) is 1. The second kappa shape index (κ2) is 5.98. The van der Waals surface area contributed by atoms with Crippen molar-refractivity contribution in [1.82, 2.24) is 0 Å². The molecule has 0 saturated carbocycles. The summed E-state index contributed by atoms with van der Waals surface area (Å²) in [7, 11) is 0. The molecule has 0 aromatic heterocycles. The molecule has 2 N–H and O–H groups in total. The molecular formula is C20H18N2O4. The van der Waals surface area contributed by atoms with Crippen molar-refractivity contribution in [2.45, 2.75) is 25.3 Å². The fourth-order valence-electron chi connectivity index (χ4n) is 4.17. The van der Waals surface area contributed by atoms with E-state index in [4.69, 9.17) is 0 Å². The van der Waals surface area contributed by atoms with E-state index in [1.165, 1.54) is 12.1 Å². The molecule has 6 heteroatoms. The number of aryl methyl sites for hydroxylation is 1. The van der Waals surface area contributed by atoms with E-state index in [0.717, 1.165) is 28.8 Å². The number of hydrogen-bond acceptors (Lipinski definition) is 4. The summed E-state index contributed by atoms with van der Waals surface area (Å²) < 4.78 is 0. The zero-order valence-corrected chi connectivity index (χ0v) is 14.2. The molecule has 0 amide bonds. The van der Waals surface area contributed by atoms with Gasteiger partial charge in [-0.05, 0) is 42.0 Å². The third-order valence-electron chi connectivity index (χ3n) is 5.42. The minimum atomic E-state index is -0.920. The van der Waals surface area contributed by atoms with Crippen LogP contribution in [0.4, 0.5) is 11.4 Å². The van der Waals surface area contributed by atoms with E-state index in [9.17, 15) is 20.0 Å².